The molecule has 0 radical (unpaired) electrons. The van der Waals surface area contributed by atoms with Gasteiger partial charge in [0.1, 0.15) is 5.38 Å². The third kappa shape index (κ3) is 4.11. The third-order valence-corrected chi connectivity index (χ3v) is 3.57. The number of methoxy groups -OCH3 is 1. The summed E-state index contributed by atoms with van der Waals surface area (Å²) in [4.78, 5) is 23.4. The van der Waals surface area contributed by atoms with Gasteiger partial charge < -0.3 is 20.1 Å². The number of hydrogen-bond donors (Lipinski definition) is 2. The molecule has 0 aliphatic carbocycles. The van der Waals surface area contributed by atoms with E-state index >= 15 is 0 Å². The second kappa shape index (κ2) is 7.47. The van der Waals surface area contributed by atoms with Gasteiger partial charge in [-0.1, -0.05) is 0 Å². The number of esters is 1. The number of ether oxygens (including phenoxy) is 2. The van der Waals surface area contributed by atoms with Crippen LogP contribution in [0.1, 0.15) is 23.7 Å². The number of alkyl halides is 1. The molecule has 1 amide bonds. The Bertz CT molecular complexity index is 558. The lowest BCUT2D eigenvalue weighted by Crippen LogP contribution is -2.33. The van der Waals surface area contributed by atoms with Gasteiger partial charge in [0.2, 0.25) is 5.91 Å². The summed E-state index contributed by atoms with van der Waals surface area (Å²) in [6, 6.07) is 4.87. The molecule has 1 heterocycles. The normalized spacial score (nSPS) is 18.0. The Kier molecular flexibility index (Phi) is 5.63. The molecule has 1 fully saturated rings. The molecule has 0 aromatic heterocycles. The van der Waals surface area contributed by atoms with Crippen LogP contribution >= 0.6 is 11.6 Å². The van der Waals surface area contributed by atoms with Gasteiger partial charge in [0.25, 0.3) is 0 Å². The molecule has 1 aromatic rings. The lowest BCUT2D eigenvalue weighted by Gasteiger charge is -2.27. The van der Waals surface area contributed by atoms with Gasteiger partial charge >= 0.3 is 5.97 Å². The number of hydrogen-bond acceptors (Lipinski definition) is 5. The summed E-state index contributed by atoms with van der Waals surface area (Å²) in [5.41, 5.74) is 1.59. The van der Waals surface area contributed by atoms with E-state index in [9.17, 15) is 9.59 Å². The van der Waals surface area contributed by atoms with Crippen molar-refractivity contribution in [1.82, 2.24) is 0 Å². The minimum atomic E-state index is -0.650. The standard InChI is InChI=1S/C15H19ClN2O4/c1-9(16)14(19)18-12-4-3-10(15(20)21-2)7-13(12)17-8-11-5-6-22-11/h3-4,7,9,11,17H,5-6,8H2,1-2H3,(H,18,19)/t9?,11-/m0/s1. The van der Waals surface area contributed by atoms with Crippen LogP contribution in [0.15, 0.2) is 18.2 Å². The average Bonchev–Trinajstić information content (AvgIpc) is 2.46. The molecular formula is C15H19ClN2O4. The van der Waals surface area contributed by atoms with Crippen molar-refractivity contribution in [2.75, 3.05) is 30.9 Å². The highest BCUT2D eigenvalue weighted by Crippen LogP contribution is 2.25. The van der Waals surface area contributed by atoms with Gasteiger partial charge in [-0.05, 0) is 31.5 Å². The Hall–Kier alpha value is -1.79. The Morgan fingerprint density at radius 1 is 1.45 bits per heavy atom. The molecule has 22 heavy (non-hydrogen) atoms. The van der Waals surface area contributed by atoms with E-state index < -0.39 is 11.3 Å². The van der Waals surface area contributed by atoms with Crippen molar-refractivity contribution in [2.45, 2.75) is 24.8 Å². The van der Waals surface area contributed by atoms with Crippen LogP contribution in [0, 0.1) is 0 Å². The quantitative estimate of drug-likeness (QED) is 0.619. The summed E-state index contributed by atoms with van der Waals surface area (Å²) >= 11 is 5.77. The lowest BCUT2D eigenvalue weighted by molar-refractivity contribution is -0.115. The summed E-state index contributed by atoms with van der Waals surface area (Å²) in [6.07, 6.45) is 1.14. The zero-order valence-corrected chi connectivity index (χ0v) is 13.3. The molecule has 0 bridgehead atoms. The van der Waals surface area contributed by atoms with Gasteiger partial charge in [-0.25, -0.2) is 4.79 Å². The Morgan fingerprint density at radius 3 is 2.73 bits per heavy atom. The van der Waals surface area contributed by atoms with Crippen LogP contribution in [0.5, 0.6) is 0 Å². The predicted molar refractivity (Wildman–Crippen MR) is 84.6 cm³/mol. The summed E-state index contributed by atoms with van der Waals surface area (Å²) in [5, 5.41) is 5.27. The fraction of sp³-hybridized carbons (Fsp3) is 0.467. The molecule has 6 nitrogen and oxygen atoms in total. The first-order chi connectivity index (χ1) is 10.5. The summed E-state index contributed by atoms with van der Waals surface area (Å²) in [6.45, 7) is 2.96. The van der Waals surface area contributed by atoms with Crippen LogP contribution in [-0.4, -0.2) is 43.6 Å². The van der Waals surface area contributed by atoms with E-state index in [0.717, 1.165) is 13.0 Å². The van der Waals surface area contributed by atoms with E-state index in [1.165, 1.54) is 7.11 Å². The molecular weight excluding hydrogens is 308 g/mol. The number of carbonyl (C=O) groups is 2. The second-order valence-electron chi connectivity index (χ2n) is 5.02. The van der Waals surface area contributed by atoms with Gasteiger partial charge in [0.05, 0.1) is 30.2 Å². The molecule has 1 saturated heterocycles. The van der Waals surface area contributed by atoms with Crippen LogP contribution in [0.4, 0.5) is 11.4 Å². The Labute approximate surface area is 134 Å². The van der Waals surface area contributed by atoms with E-state index in [0.29, 0.717) is 23.5 Å². The topological polar surface area (TPSA) is 76.7 Å². The first kappa shape index (κ1) is 16.6. The maximum atomic E-state index is 11.8. The molecule has 1 aliphatic rings. The SMILES string of the molecule is COC(=O)c1ccc(NC(=O)C(C)Cl)c(NC[C@@H]2CCO2)c1. The number of anilines is 2. The highest BCUT2D eigenvalue weighted by molar-refractivity contribution is 6.32. The van der Waals surface area contributed by atoms with Crippen molar-refractivity contribution in [1.29, 1.82) is 0 Å². The Balaban J connectivity index is 2.17. The van der Waals surface area contributed by atoms with E-state index in [1.807, 2.05) is 0 Å². The lowest BCUT2D eigenvalue weighted by atomic mass is 10.1. The molecule has 1 unspecified atom stereocenters. The van der Waals surface area contributed by atoms with Gasteiger partial charge in [0.15, 0.2) is 0 Å². The van der Waals surface area contributed by atoms with E-state index in [2.05, 4.69) is 10.6 Å². The molecule has 0 spiro atoms. The highest BCUT2D eigenvalue weighted by Gasteiger charge is 2.19. The fourth-order valence-electron chi connectivity index (χ4n) is 1.95. The number of carbonyl (C=O) groups excluding carboxylic acids is 2. The third-order valence-electron chi connectivity index (χ3n) is 3.37. The number of nitrogens with one attached hydrogen (secondary N) is 2. The summed E-state index contributed by atoms with van der Waals surface area (Å²) in [7, 11) is 1.32. The van der Waals surface area contributed by atoms with Gasteiger partial charge in [-0.2, -0.15) is 0 Å². The van der Waals surface area contributed by atoms with Crippen LogP contribution in [0.25, 0.3) is 0 Å². The van der Waals surface area contributed by atoms with Gasteiger partial charge in [0, 0.05) is 13.2 Å². The highest BCUT2D eigenvalue weighted by atomic mass is 35.5. The largest absolute Gasteiger partial charge is 0.465 e. The second-order valence-corrected chi connectivity index (χ2v) is 5.67. The van der Waals surface area contributed by atoms with Crippen molar-refractivity contribution in [2.24, 2.45) is 0 Å². The van der Waals surface area contributed by atoms with Crippen molar-refractivity contribution >= 4 is 34.9 Å². The van der Waals surface area contributed by atoms with E-state index in [-0.39, 0.29) is 12.0 Å². The molecule has 1 aromatic carbocycles. The predicted octanol–water partition coefficient (Wildman–Crippen LogP) is 2.24. The fourth-order valence-corrected chi connectivity index (χ4v) is 2.00. The molecule has 120 valence electrons. The van der Waals surface area contributed by atoms with Crippen molar-refractivity contribution in [3.63, 3.8) is 0 Å². The van der Waals surface area contributed by atoms with Crippen molar-refractivity contribution < 1.29 is 19.1 Å². The monoisotopic (exact) mass is 326 g/mol. The molecule has 2 rings (SSSR count). The molecule has 7 heteroatoms. The first-order valence-electron chi connectivity index (χ1n) is 7.04. The zero-order chi connectivity index (χ0) is 16.1. The molecule has 0 saturated carbocycles. The number of amides is 1. The van der Waals surface area contributed by atoms with Crippen LogP contribution in [0.3, 0.4) is 0 Å². The summed E-state index contributed by atoms with van der Waals surface area (Å²) in [5.74, 6) is -0.748. The zero-order valence-electron chi connectivity index (χ0n) is 12.5. The van der Waals surface area contributed by atoms with Gasteiger partial charge in [-0.15, -0.1) is 11.6 Å². The minimum absolute atomic E-state index is 0.150. The number of rotatable bonds is 6. The molecule has 2 atom stereocenters. The molecule has 2 N–H and O–H groups in total. The van der Waals surface area contributed by atoms with Crippen LogP contribution in [0.2, 0.25) is 0 Å². The first-order valence-corrected chi connectivity index (χ1v) is 7.47. The number of halogens is 1. The summed E-state index contributed by atoms with van der Waals surface area (Å²) < 4.78 is 10.1. The smallest absolute Gasteiger partial charge is 0.337 e. The van der Waals surface area contributed by atoms with E-state index in [1.54, 1.807) is 25.1 Å². The van der Waals surface area contributed by atoms with Gasteiger partial charge in [-0.3, -0.25) is 4.79 Å². The molecule has 1 aliphatic heterocycles. The maximum Gasteiger partial charge on any atom is 0.337 e. The maximum absolute atomic E-state index is 11.8. The number of benzene rings is 1. The van der Waals surface area contributed by atoms with Crippen molar-refractivity contribution in [3.8, 4) is 0 Å². The average molecular weight is 327 g/mol. The van der Waals surface area contributed by atoms with Crippen molar-refractivity contribution in [3.05, 3.63) is 23.8 Å². The minimum Gasteiger partial charge on any atom is -0.465 e. The Morgan fingerprint density at radius 2 is 2.18 bits per heavy atom. The van der Waals surface area contributed by atoms with E-state index in [4.69, 9.17) is 21.1 Å². The van der Waals surface area contributed by atoms with Crippen LogP contribution in [-0.2, 0) is 14.3 Å². The van der Waals surface area contributed by atoms with Crippen LogP contribution < -0.4 is 10.6 Å².